The fourth-order valence-corrected chi connectivity index (χ4v) is 4.44. The Balaban J connectivity index is 1.96. The molecule has 0 saturated carbocycles. The highest BCUT2D eigenvalue weighted by molar-refractivity contribution is 7.92. The summed E-state index contributed by atoms with van der Waals surface area (Å²) >= 11 is 0. The summed E-state index contributed by atoms with van der Waals surface area (Å²) in [6, 6.07) is 14.0. The molecule has 0 fully saturated rings. The van der Waals surface area contributed by atoms with Crippen LogP contribution >= 0.6 is 0 Å². The number of fused-ring (bicyclic) bond motifs is 1. The van der Waals surface area contributed by atoms with Gasteiger partial charge in [0.2, 0.25) is 5.91 Å². The number of hydrogen-bond donors (Lipinski definition) is 0. The van der Waals surface area contributed by atoms with E-state index in [0.717, 1.165) is 24.1 Å². The van der Waals surface area contributed by atoms with Crippen LogP contribution in [0.2, 0.25) is 0 Å². The zero-order valence-corrected chi connectivity index (χ0v) is 14.6. The van der Waals surface area contributed by atoms with Crippen LogP contribution < -0.4 is 9.21 Å². The third-order valence-corrected chi connectivity index (χ3v) is 6.18. The second kappa shape index (κ2) is 6.28. The summed E-state index contributed by atoms with van der Waals surface area (Å²) in [5, 5.41) is 0. The van der Waals surface area contributed by atoms with Gasteiger partial charge in [-0.05, 0) is 48.7 Å². The fourth-order valence-electron chi connectivity index (χ4n) is 2.90. The van der Waals surface area contributed by atoms with Gasteiger partial charge in [-0.25, -0.2) is 8.42 Å². The molecule has 0 N–H and O–H groups in total. The van der Waals surface area contributed by atoms with E-state index in [9.17, 15) is 13.2 Å². The molecule has 3 rings (SSSR count). The van der Waals surface area contributed by atoms with Crippen LogP contribution in [0.3, 0.4) is 0 Å². The molecule has 5 nitrogen and oxygen atoms in total. The maximum atomic E-state index is 13.0. The van der Waals surface area contributed by atoms with Crippen LogP contribution in [0.15, 0.2) is 53.4 Å². The quantitative estimate of drug-likeness (QED) is 0.860. The molecule has 6 heteroatoms. The number of sulfonamides is 1. The van der Waals surface area contributed by atoms with Gasteiger partial charge >= 0.3 is 0 Å². The van der Waals surface area contributed by atoms with Gasteiger partial charge in [0.25, 0.3) is 10.0 Å². The van der Waals surface area contributed by atoms with Gasteiger partial charge in [-0.15, -0.1) is 0 Å². The third-order valence-electron chi connectivity index (χ3n) is 4.35. The molecule has 0 bridgehead atoms. The topological polar surface area (TPSA) is 57.7 Å². The Kier molecular flexibility index (Phi) is 4.32. The van der Waals surface area contributed by atoms with Crippen LogP contribution in [0.1, 0.15) is 18.9 Å². The molecular formula is C18H20N2O3S. The molecule has 0 spiro atoms. The van der Waals surface area contributed by atoms with Gasteiger partial charge in [0.05, 0.1) is 10.6 Å². The maximum Gasteiger partial charge on any atom is 0.264 e. The smallest absolute Gasteiger partial charge is 0.264 e. The molecule has 1 aliphatic heterocycles. The third kappa shape index (κ3) is 2.89. The normalized spacial score (nSPS) is 14.2. The second-order valence-electron chi connectivity index (χ2n) is 5.88. The summed E-state index contributed by atoms with van der Waals surface area (Å²) in [4.78, 5) is 13.1. The SMILES string of the molecule is CC(=O)N(C)c1ccc(S(=O)(=O)N2CCCc3ccccc32)cc1. The average Bonchev–Trinajstić information content (AvgIpc) is 2.60. The first-order chi connectivity index (χ1) is 11.4. The Hall–Kier alpha value is -2.34. The van der Waals surface area contributed by atoms with Gasteiger partial charge < -0.3 is 4.90 Å². The van der Waals surface area contributed by atoms with Crippen LogP contribution in [0.5, 0.6) is 0 Å². The highest BCUT2D eigenvalue weighted by Crippen LogP contribution is 2.32. The van der Waals surface area contributed by atoms with E-state index in [1.807, 2.05) is 24.3 Å². The number of carbonyl (C=O) groups excluding carboxylic acids is 1. The summed E-state index contributed by atoms with van der Waals surface area (Å²) in [5.74, 6) is -0.101. The molecule has 0 unspecified atom stereocenters. The lowest BCUT2D eigenvalue weighted by Gasteiger charge is -2.30. The molecule has 126 valence electrons. The second-order valence-corrected chi connectivity index (χ2v) is 7.74. The Bertz CT molecular complexity index is 860. The monoisotopic (exact) mass is 344 g/mol. The predicted octanol–water partition coefficient (Wildman–Crippen LogP) is 2.81. The van der Waals surface area contributed by atoms with Crippen LogP contribution in [-0.2, 0) is 21.2 Å². The number of hydrogen-bond acceptors (Lipinski definition) is 3. The van der Waals surface area contributed by atoms with Gasteiger partial charge in [-0.3, -0.25) is 9.10 Å². The van der Waals surface area contributed by atoms with Gasteiger partial charge in [-0.2, -0.15) is 0 Å². The molecule has 0 saturated heterocycles. The lowest BCUT2D eigenvalue weighted by molar-refractivity contribution is -0.116. The molecule has 2 aromatic rings. The van der Waals surface area contributed by atoms with Crippen LogP contribution in [0.25, 0.3) is 0 Å². The highest BCUT2D eigenvalue weighted by Gasteiger charge is 2.28. The number of amides is 1. The lowest BCUT2D eigenvalue weighted by Crippen LogP contribution is -2.35. The number of rotatable bonds is 3. The first kappa shape index (κ1) is 16.5. The van der Waals surface area contributed by atoms with E-state index in [2.05, 4.69) is 0 Å². The standard InChI is InChI=1S/C18H20N2O3S/c1-14(21)19(2)16-9-11-17(12-10-16)24(22,23)20-13-5-7-15-6-3-4-8-18(15)20/h3-4,6,8-12H,5,7,13H2,1-2H3. The average molecular weight is 344 g/mol. The van der Waals surface area contributed by atoms with Crippen molar-refractivity contribution in [3.8, 4) is 0 Å². The van der Waals surface area contributed by atoms with Crippen LogP contribution in [0, 0.1) is 0 Å². The van der Waals surface area contributed by atoms with E-state index in [0.29, 0.717) is 12.2 Å². The first-order valence-corrected chi connectivity index (χ1v) is 9.30. The van der Waals surface area contributed by atoms with Gasteiger partial charge in [-0.1, -0.05) is 18.2 Å². The van der Waals surface area contributed by atoms with E-state index >= 15 is 0 Å². The minimum Gasteiger partial charge on any atom is -0.316 e. The summed E-state index contributed by atoms with van der Waals surface area (Å²) in [6.07, 6.45) is 1.70. The summed E-state index contributed by atoms with van der Waals surface area (Å²) < 4.78 is 27.5. The van der Waals surface area contributed by atoms with Crippen LogP contribution in [0.4, 0.5) is 11.4 Å². The fraction of sp³-hybridized carbons (Fsp3) is 0.278. The zero-order valence-electron chi connectivity index (χ0n) is 13.8. The molecule has 1 aliphatic rings. The molecule has 0 aromatic heterocycles. The summed E-state index contributed by atoms with van der Waals surface area (Å²) in [5.41, 5.74) is 2.48. The molecule has 1 heterocycles. The largest absolute Gasteiger partial charge is 0.316 e. The van der Waals surface area contributed by atoms with E-state index in [4.69, 9.17) is 0 Å². The van der Waals surface area contributed by atoms with E-state index < -0.39 is 10.0 Å². The minimum absolute atomic E-state index is 0.101. The van der Waals surface area contributed by atoms with E-state index in [-0.39, 0.29) is 10.8 Å². The van der Waals surface area contributed by atoms with Crippen molar-refractivity contribution in [2.24, 2.45) is 0 Å². The van der Waals surface area contributed by atoms with Crippen molar-refractivity contribution in [3.63, 3.8) is 0 Å². The van der Waals surface area contributed by atoms with Crippen molar-refractivity contribution in [1.29, 1.82) is 0 Å². The van der Waals surface area contributed by atoms with E-state index in [1.165, 1.54) is 16.1 Å². The van der Waals surface area contributed by atoms with Crippen molar-refractivity contribution < 1.29 is 13.2 Å². The maximum absolute atomic E-state index is 13.0. The molecule has 24 heavy (non-hydrogen) atoms. The molecule has 1 amide bonds. The Morgan fingerprint density at radius 2 is 1.75 bits per heavy atom. The van der Waals surface area contributed by atoms with Gasteiger partial charge in [0.1, 0.15) is 0 Å². The Morgan fingerprint density at radius 3 is 2.42 bits per heavy atom. The van der Waals surface area contributed by atoms with Crippen molar-refractivity contribution in [1.82, 2.24) is 0 Å². The number of para-hydroxylation sites is 1. The Labute approximate surface area is 142 Å². The van der Waals surface area contributed by atoms with Crippen LogP contribution in [-0.4, -0.2) is 27.9 Å². The van der Waals surface area contributed by atoms with Gasteiger partial charge in [0.15, 0.2) is 0 Å². The molecule has 0 aliphatic carbocycles. The number of benzene rings is 2. The minimum atomic E-state index is -3.61. The first-order valence-electron chi connectivity index (χ1n) is 7.86. The highest BCUT2D eigenvalue weighted by atomic mass is 32.2. The Morgan fingerprint density at radius 1 is 1.08 bits per heavy atom. The van der Waals surface area contributed by atoms with Crippen molar-refractivity contribution in [2.45, 2.75) is 24.7 Å². The molecular weight excluding hydrogens is 324 g/mol. The van der Waals surface area contributed by atoms with Crippen molar-refractivity contribution in [2.75, 3.05) is 22.8 Å². The lowest BCUT2D eigenvalue weighted by atomic mass is 10.0. The van der Waals surface area contributed by atoms with Crippen molar-refractivity contribution >= 4 is 27.3 Å². The van der Waals surface area contributed by atoms with Gasteiger partial charge in [0, 0.05) is 26.2 Å². The molecule has 0 atom stereocenters. The zero-order chi connectivity index (χ0) is 17.3. The number of aryl methyl sites for hydroxylation is 1. The number of nitrogens with zero attached hydrogens (tertiary/aromatic N) is 2. The number of carbonyl (C=O) groups is 1. The predicted molar refractivity (Wildman–Crippen MR) is 94.8 cm³/mol. The van der Waals surface area contributed by atoms with E-state index in [1.54, 1.807) is 31.3 Å². The number of anilines is 2. The molecule has 0 radical (unpaired) electrons. The summed E-state index contributed by atoms with van der Waals surface area (Å²) in [6.45, 7) is 1.95. The molecule has 2 aromatic carbocycles. The summed E-state index contributed by atoms with van der Waals surface area (Å²) in [7, 11) is -1.95. The van der Waals surface area contributed by atoms with Crippen molar-refractivity contribution in [3.05, 3.63) is 54.1 Å².